The average molecular weight is 556 g/mol. The highest BCUT2D eigenvalue weighted by Crippen LogP contribution is 2.40. The van der Waals surface area contributed by atoms with Crippen molar-refractivity contribution in [3.63, 3.8) is 0 Å². The second-order valence-corrected chi connectivity index (χ2v) is 12.0. The van der Waals surface area contributed by atoms with Crippen LogP contribution in [0, 0.1) is 11.6 Å². The molecular weight excluding hydrogens is 516 g/mol. The maximum absolute atomic E-state index is 14.3. The Morgan fingerprint density at radius 1 is 1.23 bits per heavy atom. The third kappa shape index (κ3) is 6.04. The van der Waals surface area contributed by atoms with Gasteiger partial charge < -0.3 is 19.9 Å². The summed E-state index contributed by atoms with van der Waals surface area (Å²) in [6.07, 6.45) is 2.87. The molecule has 3 aliphatic heterocycles. The van der Waals surface area contributed by atoms with Gasteiger partial charge in [-0.25, -0.2) is 8.78 Å². The van der Waals surface area contributed by atoms with Crippen molar-refractivity contribution >= 4 is 17.5 Å². The first-order valence-electron chi connectivity index (χ1n) is 14.1. The second-order valence-electron chi connectivity index (χ2n) is 12.0. The maximum atomic E-state index is 14.3. The van der Waals surface area contributed by atoms with Gasteiger partial charge in [0.05, 0.1) is 18.3 Å². The maximum Gasteiger partial charge on any atom is 0.248 e. The molecule has 5 rings (SSSR count). The molecule has 3 atom stereocenters. The number of morpholine rings is 1. The number of ether oxygens (including phenoxy) is 1. The molecular formula is C30H39F2N5O3. The zero-order valence-electron chi connectivity index (χ0n) is 23.8. The van der Waals surface area contributed by atoms with Gasteiger partial charge in [0.2, 0.25) is 11.8 Å². The van der Waals surface area contributed by atoms with Crippen molar-refractivity contribution in [3.05, 3.63) is 58.9 Å². The number of carbonyl (C=O) groups excluding carboxylic acids is 2. The highest BCUT2D eigenvalue weighted by atomic mass is 19.1. The Bertz CT molecular complexity index is 1270. The highest BCUT2D eigenvalue weighted by Gasteiger charge is 2.40. The molecule has 1 unspecified atom stereocenters. The predicted molar refractivity (Wildman–Crippen MR) is 148 cm³/mol. The molecule has 216 valence electrons. The number of piperazine rings is 1. The van der Waals surface area contributed by atoms with E-state index in [9.17, 15) is 18.4 Å². The van der Waals surface area contributed by atoms with Gasteiger partial charge in [-0.15, -0.1) is 0 Å². The molecule has 0 spiro atoms. The SMILES string of the molecule is CCC1CN(C[C@H]2CN[C@H](C)CN2CC(=O)N2CC(C)(C)c3cnc(Cc4ccc(F)cc4F)cc32)C(=O)CO1. The molecule has 2 saturated heterocycles. The Morgan fingerprint density at radius 3 is 2.77 bits per heavy atom. The van der Waals surface area contributed by atoms with Crippen LogP contribution in [0.3, 0.4) is 0 Å². The number of anilines is 1. The summed E-state index contributed by atoms with van der Waals surface area (Å²) in [7, 11) is 0. The number of fused-ring (bicyclic) bond motifs is 1. The number of benzene rings is 1. The summed E-state index contributed by atoms with van der Waals surface area (Å²) < 4.78 is 33.3. The number of rotatable bonds is 7. The lowest BCUT2D eigenvalue weighted by atomic mass is 9.88. The summed E-state index contributed by atoms with van der Waals surface area (Å²) in [6, 6.07) is 5.63. The number of pyridine rings is 1. The number of halogens is 2. The van der Waals surface area contributed by atoms with Crippen molar-refractivity contribution in [2.45, 2.75) is 64.1 Å². The van der Waals surface area contributed by atoms with E-state index in [-0.39, 0.29) is 55.0 Å². The number of hydrogen-bond acceptors (Lipinski definition) is 6. The van der Waals surface area contributed by atoms with Crippen LogP contribution in [0.5, 0.6) is 0 Å². The zero-order valence-corrected chi connectivity index (χ0v) is 23.8. The van der Waals surface area contributed by atoms with Crippen molar-refractivity contribution in [1.82, 2.24) is 20.1 Å². The first-order valence-corrected chi connectivity index (χ1v) is 14.1. The first-order chi connectivity index (χ1) is 19.0. The lowest BCUT2D eigenvalue weighted by Crippen LogP contribution is -2.62. The Balaban J connectivity index is 1.33. The van der Waals surface area contributed by atoms with Crippen LogP contribution < -0.4 is 10.2 Å². The Hall–Kier alpha value is -2.95. The van der Waals surface area contributed by atoms with Crippen LogP contribution in [0.25, 0.3) is 0 Å². The van der Waals surface area contributed by atoms with E-state index in [0.29, 0.717) is 44.0 Å². The van der Waals surface area contributed by atoms with Gasteiger partial charge in [-0.05, 0) is 31.0 Å². The molecule has 0 radical (unpaired) electrons. The minimum atomic E-state index is -0.620. The summed E-state index contributed by atoms with van der Waals surface area (Å²) in [5, 5.41) is 3.50. The van der Waals surface area contributed by atoms with Gasteiger partial charge in [-0.1, -0.05) is 26.8 Å². The number of nitrogens with one attached hydrogen (secondary N) is 1. The number of hydrogen-bond donors (Lipinski definition) is 1. The summed E-state index contributed by atoms with van der Waals surface area (Å²) >= 11 is 0. The molecule has 0 saturated carbocycles. The van der Waals surface area contributed by atoms with Crippen LogP contribution in [0.1, 0.15) is 50.9 Å². The summed E-state index contributed by atoms with van der Waals surface area (Å²) in [5.74, 6) is -1.26. The highest BCUT2D eigenvalue weighted by molar-refractivity contribution is 5.97. The van der Waals surface area contributed by atoms with Crippen LogP contribution in [-0.2, 0) is 26.2 Å². The summed E-state index contributed by atoms with van der Waals surface area (Å²) in [5.41, 5.74) is 2.44. The van der Waals surface area contributed by atoms with E-state index in [4.69, 9.17) is 4.74 Å². The molecule has 10 heteroatoms. The lowest BCUT2D eigenvalue weighted by molar-refractivity contribution is -0.150. The standard InChI is InChI=1S/C30H39F2N5O3/c1-5-24-15-36(29(39)17-40-24)14-23-11-33-19(2)13-35(23)16-28(38)37-18-30(3,4)25-12-34-22(10-27(25)37)8-20-6-7-21(31)9-26(20)32/h6-7,9-10,12,19,23-24,33H,5,8,11,13-18H2,1-4H3/t19-,23-,24?/m1/s1. The van der Waals surface area contributed by atoms with Gasteiger partial charge in [0, 0.05) is 80.2 Å². The monoisotopic (exact) mass is 555 g/mol. The Kier molecular flexibility index (Phi) is 8.22. The third-order valence-corrected chi connectivity index (χ3v) is 8.37. The predicted octanol–water partition coefficient (Wildman–Crippen LogP) is 2.87. The van der Waals surface area contributed by atoms with Crippen LogP contribution in [0.2, 0.25) is 0 Å². The molecule has 4 heterocycles. The van der Waals surface area contributed by atoms with Gasteiger partial charge >= 0.3 is 0 Å². The van der Waals surface area contributed by atoms with E-state index in [2.05, 4.69) is 42.9 Å². The molecule has 2 fully saturated rings. The Morgan fingerprint density at radius 2 is 2.02 bits per heavy atom. The van der Waals surface area contributed by atoms with Crippen LogP contribution in [0.4, 0.5) is 14.5 Å². The molecule has 0 aliphatic carbocycles. The van der Waals surface area contributed by atoms with Crippen molar-refractivity contribution in [2.24, 2.45) is 0 Å². The molecule has 8 nitrogen and oxygen atoms in total. The normalized spacial score (nSPS) is 24.9. The van der Waals surface area contributed by atoms with E-state index < -0.39 is 11.6 Å². The van der Waals surface area contributed by atoms with Gasteiger partial charge in [-0.2, -0.15) is 0 Å². The fourth-order valence-corrected chi connectivity index (χ4v) is 6.00. The lowest BCUT2D eigenvalue weighted by Gasteiger charge is -2.43. The molecule has 1 aromatic carbocycles. The van der Waals surface area contributed by atoms with Crippen molar-refractivity contribution in [3.8, 4) is 0 Å². The largest absolute Gasteiger partial charge is 0.367 e. The van der Waals surface area contributed by atoms with E-state index >= 15 is 0 Å². The molecule has 0 bridgehead atoms. The molecule has 40 heavy (non-hydrogen) atoms. The quantitative estimate of drug-likeness (QED) is 0.566. The van der Waals surface area contributed by atoms with Crippen molar-refractivity contribution in [2.75, 3.05) is 50.8 Å². The zero-order chi connectivity index (χ0) is 28.6. The number of nitrogens with zero attached hydrogens (tertiary/aromatic N) is 4. The van der Waals surface area contributed by atoms with Gasteiger partial charge in [0.1, 0.15) is 18.2 Å². The van der Waals surface area contributed by atoms with E-state index in [1.165, 1.54) is 12.1 Å². The van der Waals surface area contributed by atoms with Gasteiger partial charge in [0.25, 0.3) is 0 Å². The van der Waals surface area contributed by atoms with E-state index in [0.717, 1.165) is 23.7 Å². The van der Waals surface area contributed by atoms with Crippen molar-refractivity contribution < 1.29 is 23.1 Å². The third-order valence-electron chi connectivity index (χ3n) is 8.37. The van der Waals surface area contributed by atoms with Gasteiger partial charge in [-0.3, -0.25) is 19.5 Å². The molecule has 2 amide bonds. The fourth-order valence-electron chi connectivity index (χ4n) is 6.00. The summed E-state index contributed by atoms with van der Waals surface area (Å²) in [4.78, 5) is 36.9. The minimum Gasteiger partial charge on any atom is -0.367 e. The van der Waals surface area contributed by atoms with Crippen LogP contribution in [-0.4, -0.2) is 90.7 Å². The summed E-state index contributed by atoms with van der Waals surface area (Å²) in [6.45, 7) is 11.7. The molecule has 3 aliphatic rings. The topological polar surface area (TPSA) is 78.0 Å². The van der Waals surface area contributed by atoms with E-state index in [1.54, 1.807) is 6.20 Å². The molecule has 1 aromatic heterocycles. The smallest absolute Gasteiger partial charge is 0.248 e. The number of aromatic nitrogens is 1. The molecule has 1 N–H and O–H groups in total. The fraction of sp³-hybridized carbons (Fsp3) is 0.567. The van der Waals surface area contributed by atoms with Crippen molar-refractivity contribution in [1.29, 1.82) is 0 Å². The molecule has 2 aromatic rings. The number of amides is 2. The van der Waals surface area contributed by atoms with Crippen LogP contribution >= 0.6 is 0 Å². The minimum absolute atomic E-state index is 0.00393. The average Bonchev–Trinajstić information content (AvgIpc) is 3.18. The number of carbonyl (C=O) groups is 2. The van der Waals surface area contributed by atoms with Crippen LogP contribution in [0.15, 0.2) is 30.5 Å². The second kappa shape index (κ2) is 11.5. The Labute approximate surface area is 234 Å². The van der Waals surface area contributed by atoms with E-state index in [1.807, 2.05) is 15.9 Å². The first kappa shape index (κ1) is 28.6. The van der Waals surface area contributed by atoms with Gasteiger partial charge in [0.15, 0.2) is 0 Å².